The number of nitrogens with zero attached hydrogens (tertiary/aromatic N) is 1. The number of hydrogen-bond acceptors (Lipinski definition) is 3. The van der Waals surface area contributed by atoms with Crippen LogP contribution in [0, 0.1) is 6.92 Å². The molecule has 1 aromatic heterocycles. The molecule has 0 bridgehead atoms. The predicted molar refractivity (Wildman–Crippen MR) is 81.2 cm³/mol. The van der Waals surface area contributed by atoms with E-state index in [2.05, 4.69) is 25.1 Å². The number of Topliss-reactive ketones (excluding diaryl/α,β-unsaturated/α-hetero) is 1. The first-order chi connectivity index (χ1) is 9.04. The standard InChI is InChI=1S/C15H16ClNOS/c1-11-4-3-5-12(8-11)9-17(2)10-13(18)14-6-7-15(16)19-14/h3-8H,9-10H2,1-2H3. The average Bonchev–Trinajstić information content (AvgIpc) is 2.75. The second-order valence-electron chi connectivity index (χ2n) is 4.69. The molecule has 100 valence electrons. The second-order valence-corrected chi connectivity index (χ2v) is 6.40. The molecule has 4 heteroatoms. The first-order valence-electron chi connectivity index (χ1n) is 6.07. The van der Waals surface area contributed by atoms with Gasteiger partial charge in [0.05, 0.1) is 15.8 Å². The number of ketones is 1. The minimum atomic E-state index is 0.118. The molecule has 0 aliphatic heterocycles. The Morgan fingerprint density at radius 2 is 2.11 bits per heavy atom. The van der Waals surface area contributed by atoms with Crippen molar-refractivity contribution in [3.8, 4) is 0 Å². The molecule has 0 aliphatic carbocycles. The van der Waals surface area contributed by atoms with E-state index in [9.17, 15) is 4.79 Å². The van der Waals surface area contributed by atoms with E-state index in [1.807, 2.05) is 18.0 Å². The van der Waals surface area contributed by atoms with Gasteiger partial charge in [0.25, 0.3) is 0 Å². The van der Waals surface area contributed by atoms with Crippen molar-refractivity contribution in [2.24, 2.45) is 0 Å². The first-order valence-corrected chi connectivity index (χ1v) is 7.26. The van der Waals surface area contributed by atoms with Crippen LogP contribution in [0.25, 0.3) is 0 Å². The van der Waals surface area contributed by atoms with Gasteiger partial charge in [0.1, 0.15) is 0 Å². The largest absolute Gasteiger partial charge is 0.295 e. The van der Waals surface area contributed by atoms with Gasteiger partial charge in [-0.15, -0.1) is 11.3 Å². The van der Waals surface area contributed by atoms with Crippen molar-refractivity contribution >= 4 is 28.7 Å². The van der Waals surface area contributed by atoms with E-state index in [-0.39, 0.29) is 5.78 Å². The summed E-state index contributed by atoms with van der Waals surface area (Å²) < 4.78 is 0.657. The quantitative estimate of drug-likeness (QED) is 0.776. The molecule has 2 rings (SSSR count). The summed E-state index contributed by atoms with van der Waals surface area (Å²) >= 11 is 7.18. The Morgan fingerprint density at radius 3 is 2.74 bits per heavy atom. The zero-order valence-electron chi connectivity index (χ0n) is 11.0. The van der Waals surface area contributed by atoms with Crippen molar-refractivity contribution in [1.29, 1.82) is 0 Å². The molecule has 0 fully saturated rings. The first kappa shape index (κ1) is 14.3. The zero-order chi connectivity index (χ0) is 13.8. The van der Waals surface area contributed by atoms with Crippen molar-refractivity contribution in [1.82, 2.24) is 4.90 Å². The van der Waals surface area contributed by atoms with Crippen LogP contribution < -0.4 is 0 Å². The monoisotopic (exact) mass is 293 g/mol. The van der Waals surface area contributed by atoms with Crippen molar-refractivity contribution in [3.05, 3.63) is 56.7 Å². The number of halogens is 1. The molecule has 0 aliphatic rings. The van der Waals surface area contributed by atoms with Crippen molar-refractivity contribution < 1.29 is 4.79 Å². The van der Waals surface area contributed by atoms with Gasteiger partial charge in [-0.05, 0) is 31.7 Å². The van der Waals surface area contributed by atoms with Crippen molar-refractivity contribution in [2.75, 3.05) is 13.6 Å². The third-order valence-electron chi connectivity index (χ3n) is 2.80. The lowest BCUT2D eigenvalue weighted by Gasteiger charge is -2.15. The maximum atomic E-state index is 12.0. The fourth-order valence-electron chi connectivity index (χ4n) is 1.97. The zero-order valence-corrected chi connectivity index (χ0v) is 12.6. The molecule has 0 amide bonds. The molecule has 2 nitrogen and oxygen atoms in total. The van der Waals surface area contributed by atoms with Crippen LogP contribution in [0.5, 0.6) is 0 Å². The predicted octanol–water partition coefficient (Wildman–Crippen LogP) is 4.02. The molecular weight excluding hydrogens is 278 g/mol. The Morgan fingerprint density at radius 1 is 1.32 bits per heavy atom. The van der Waals surface area contributed by atoms with E-state index in [1.54, 1.807) is 12.1 Å². The minimum absolute atomic E-state index is 0.118. The fraction of sp³-hybridized carbons (Fsp3) is 0.267. The molecular formula is C15H16ClNOS. The molecule has 0 saturated heterocycles. The lowest BCUT2D eigenvalue weighted by molar-refractivity contribution is 0.0947. The van der Waals surface area contributed by atoms with E-state index in [4.69, 9.17) is 11.6 Å². The third kappa shape index (κ3) is 4.16. The highest BCUT2D eigenvalue weighted by Gasteiger charge is 2.11. The summed E-state index contributed by atoms with van der Waals surface area (Å²) in [5.74, 6) is 0.118. The highest BCUT2D eigenvalue weighted by Crippen LogP contribution is 2.22. The Balaban J connectivity index is 1.94. The molecule has 2 aromatic rings. The number of benzene rings is 1. The maximum absolute atomic E-state index is 12.0. The highest BCUT2D eigenvalue weighted by atomic mass is 35.5. The molecule has 0 saturated carbocycles. The van der Waals surface area contributed by atoms with Gasteiger partial charge >= 0.3 is 0 Å². The molecule has 1 heterocycles. The lowest BCUT2D eigenvalue weighted by Crippen LogP contribution is -2.25. The average molecular weight is 294 g/mol. The normalized spacial score (nSPS) is 10.9. The third-order valence-corrected chi connectivity index (χ3v) is 4.07. The summed E-state index contributed by atoms with van der Waals surface area (Å²) in [5, 5.41) is 0. The van der Waals surface area contributed by atoms with Gasteiger partial charge in [-0.2, -0.15) is 0 Å². The van der Waals surface area contributed by atoms with Gasteiger partial charge in [0, 0.05) is 6.54 Å². The SMILES string of the molecule is Cc1cccc(CN(C)CC(=O)c2ccc(Cl)s2)c1. The molecule has 0 spiro atoms. The molecule has 0 N–H and O–H groups in total. The summed E-state index contributed by atoms with van der Waals surface area (Å²) in [4.78, 5) is 14.8. The number of rotatable bonds is 5. The number of carbonyl (C=O) groups is 1. The van der Waals surface area contributed by atoms with E-state index in [1.165, 1.54) is 22.5 Å². The number of aryl methyl sites for hydroxylation is 1. The van der Waals surface area contributed by atoms with Gasteiger partial charge in [-0.25, -0.2) is 0 Å². The number of likely N-dealkylation sites (N-methyl/N-ethyl adjacent to an activating group) is 1. The van der Waals surface area contributed by atoms with Crippen molar-refractivity contribution in [2.45, 2.75) is 13.5 Å². The molecule has 1 aromatic carbocycles. The molecule has 0 unspecified atom stereocenters. The second kappa shape index (κ2) is 6.33. The number of thiophene rings is 1. The molecule has 0 atom stereocenters. The Hall–Kier alpha value is -1.16. The van der Waals surface area contributed by atoms with Crippen LogP contribution in [0.4, 0.5) is 0 Å². The number of hydrogen-bond donors (Lipinski definition) is 0. The van der Waals surface area contributed by atoms with Gasteiger partial charge in [-0.3, -0.25) is 9.69 Å². The molecule has 19 heavy (non-hydrogen) atoms. The summed E-state index contributed by atoms with van der Waals surface area (Å²) in [5.41, 5.74) is 2.46. The smallest absolute Gasteiger partial charge is 0.186 e. The Kier molecular flexibility index (Phi) is 4.75. The van der Waals surface area contributed by atoms with Crippen LogP contribution in [-0.4, -0.2) is 24.3 Å². The summed E-state index contributed by atoms with van der Waals surface area (Å²) in [6.45, 7) is 3.25. The summed E-state index contributed by atoms with van der Waals surface area (Å²) in [7, 11) is 1.95. The van der Waals surface area contributed by atoms with E-state index >= 15 is 0 Å². The van der Waals surface area contributed by atoms with Crippen LogP contribution in [-0.2, 0) is 6.54 Å². The molecule has 0 radical (unpaired) electrons. The van der Waals surface area contributed by atoms with Crippen LogP contribution in [0.3, 0.4) is 0 Å². The van der Waals surface area contributed by atoms with Gasteiger partial charge in [-0.1, -0.05) is 41.4 Å². The van der Waals surface area contributed by atoms with Crippen molar-refractivity contribution in [3.63, 3.8) is 0 Å². The topological polar surface area (TPSA) is 20.3 Å². The van der Waals surface area contributed by atoms with Crippen LogP contribution in [0.1, 0.15) is 20.8 Å². The van der Waals surface area contributed by atoms with Crippen LogP contribution in [0.15, 0.2) is 36.4 Å². The lowest BCUT2D eigenvalue weighted by atomic mass is 10.1. The Labute approximate surface area is 122 Å². The maximum Gasteiger partial charge on any atom is 0.186 e. The summed E-state index contributed by atoms with van der Waals surface area (Å²) in [6, 6.07) is 11.9. The highest BCUT2D eigenvalue weighted by molar-refractivity contribution is 7.18. The van der Waals surface area contributed by atoms with Gasteiger partial charge < -0.3 is 0 Å². The number of carbonyl (C=O) groups excluding carboxylic acids is 1. The van der Waals surface area contributed by atoms with E-state index in [0.29, 0.717) is 10.9 Å². The fourth-order valence-corrected chi connectivity index (χ4v) is 2.94. The van der Waals surface area contributed by atoms with Gasteiger partial charge in [0.15, 0.2) is 5.78 Å². The van der Waals surface area contributed by atoms with Crippen LogP contribution >= 0.6 is 22.9 Å². The summed E-state index contributed by atoms with van der Waals surface area (Å²) in [6.07, 6.45) is 0. The van der Waals surface area contributed by atoms with E-state index < -0.39 is 0 Å². The van der Waals surface area contributed by atoms with E-state index in [0.717, 1.165) is 11.4 Å². The minimum Gasteiger partial charge on any atom is -0.295 e. The van der Waals surface area contributed by atoms with Crippen LogP contribution in [0.2, 0.25) is 4.34 Å². The van der Waals surface area contributed by atoms with Gasteiger partial charge in [0.2, 0.25) is 0 Å². The Bertz CT molecular complexity index is 579.